The van der Waals surface area contributed by atoms with Crippen LogP contribution in [0.2, 0.25) is 0 Å². The number of likely N-dealkylation sites (tertiary alicyclic amines) is 1. The van der Waals surface area contributed by atoms with Crippen LogP contribution in [0.15, 0.2) is 16.5 Å². The van der Waals surface area contributed by atoms with E-state index in [0.29, 0.717) is 19.6 Å². The van der Waals surface area contributed by atoms with E-state index in [1.165, 1.54) is 0 Å². The van der Waals surface area contributed by atoms with Gasteiger partial charge < -0.3 is 14.6 Å². The van der Waals surface area contributed by atoms with Gasteiger partial charge in [0.15, 0.2) is 0 Å². The monoisotopic (exact) mass is 197 g/mol. The van der Waals surface area contributed by atoms with Crippen molar-refractivity contribution in [3.63, 3.8) is 0 Å². The highest BCUT2D eigenvalue weighted by Crippen LogP contribution is 2.15. The largest absolute Gasteiger partial charge is 0.465 e. The highest BCUT2D eigenvalue weighted by atomic mass is 16.3. The van der Waals surface area contributed by atoms with Crippen LogP contribution in [-0.4, -0.2) is 40.4 Å². The average molecular weight is 197 g/mol. The molecule has 0 saturated carbocycles. The van der Waals surface area contributed by atoms with Crippen molar-refractivity contribution >= 4 is 0 Å². The fraction of sp³-hybridized carbons (Fsp3) is 0.600. The predicted molar refractivity (Wildman–Crippen MR) is 50.7 cm³/mol. The second-order valence-corrected chi connectivity index (χ2v) is 3.84. The van der Waals surface area contributed by atoms with Crippen molar-refractivity contribution < 1.29 is 14.6 Å². The Labute approximate surface area is 82.8 Å². The van der Waals surface area contributed by atoms with E-state index in [0.717, 1.165) is 11.5 Å². The molecule has 2 N–H and O–H groups in total. The first-order valence-electron chi connectivity index (χ1n) is 4.79. The number of hydrogen-bond acceptors (Lipinski definition) is 4. The molecule has 1 fully saturated rings. The van der Waals surface area contributed by atoms with Crippen molar-refractivity contribution in [3.8, 4) is 0 Å². The first-order chi connectivity index (χ1) is 6.65. The second-order valence-electron chi connectivity index (χ2n) is 3.84. The number of aryl methyl sites for hydroxylation is 1. The SMILES string of the molecule is Cc1ccc(CN2C[C@@H](O)[C@@H](O)C2)o1. The summed E-state index contributed by atoms with van der Waals surface area (Å²) in [5.74, 6) is 1.77. The zero-order valence-electron chi connectivity index (χ0n) is 8.18. The molecule has 0 spiro atoms. The van der Waals surface area contributed by atoms with Crippen LogP contribution in [0.5, 0.6) is 0 Å². The molecule has 2 heterocycles. The number of β-amino-alcohol motifs (C(OH)–C–C–N with tert-alkyl or cyclic N) is 2. The maximum absolute atomic E-state index is 9.33. The second kappa shape index (κ2) is 3.73. The summed E-state index contributed by atoms with van der Waals surface area (Å²) in [7, 11) is 0. The molecule has 0 aliphatic carbocycles. The molecule has 78 valence electrons. The minimum Gasteiger partial charge on any atom is -0.465 e. The highest BCUT2D eigenvalue weighted by Gasteiger charge is 2.29. The smallest absolute Gasteiger partial charge is 0.118 e. The van der Waals surface area contributed by atoms with E-state index in [-0.39, 0.29) is 0 Å². The number of hydrogen-bond donors (Lipinski definition) is 2. The van der Waals surface area contributed by atoms with Crippen LogP contribution >= 0.6 is 0 Å². The third-order valence-corrected chi connectivity index (χ3v) is 2.51. The van der Waals surface area contributed by atoms with Crippen molar-refractivity contribution in [2.45, 2.75) is 25.7 Å². The van der Waals surface area contributed by atoms with Gasteiger partial charge in [0.25, 0.3) is 0 Å². The Hall–Kier alpha value is -0.840. The zero-order valence-corrected chi connectivity index (χ0v) is 8.18. The standard InChI is InChI=1S/C10H15NO3/c1-7-2-3-8(14-7)4-11-5-9(12)10(13)6-11/h2-3,9-10,12-13H,4-6H2,1H3/t9-,10+. The lowest BCUT2D eigenvalue weighted by Crippen LogP contribution is -2.22. The molecule has 4 heteroatoms. The maximum atomic E-state index is 9.33. The fourth-order valence-corrected chi connectivity index (χ4v) is 1.77. The van der Waals surface area contributed by atoms with Crippen LogP contribution in [-0.2, 0) is 6.54 Å². The Morgan fingerprint density at radius 1 is 1.36 bits per heavy atom. The Morgan fingerprint density at radius 2 is 2.00 bits per heavy atom. The molecule has 4 nitrogen and oxygen atoms in total. The molecule has 1 aliphatic heterocycles. The van der Waals surface area contributed by atoms with E-state index < -0.39 is 12.2 Å². The molecular weight excluding hydrogens is 182 g/mol. The van der Waals surface area contributed by atoms with Crippen molar-refractivity contribution in [1.29, 1.82) is 0 Å². The Bertz CT molecular complexity index is 300. The normalized spacial score (nSPS) is 28.5. The van der Waals surface area contributed by atoms with Crippen LogP contribution in [0.3, 0.4) is 0 Å². The summed E-state index contributed by atoms with van der Waals surface area (Å²) in [6.45, 7) is 3.58. The van der Waals surface area contributed by atoms with Crippen LogP contribution in [0.25, 0.3) is 0 Å². The van der Waals surface area contributed by atoms with Crippen molar-refractivity contribution in [2.75, 3.05) is 13.1 Å². The molecule has 0 bridgehead atoms. The topological polar surface area (TPSA) is 56.8 Å². The van der Waals surface area contributed by atoms with E-state index in [1.807, 2.05) is 24.0 Å². The third kappa shape index (κ3) is 1.97. The summed E-state index contributed by atoms with van der Waals surface area (Å²) in [5.41, 5.74) is 0. The molecule has 2 rings (SSSR count). The lowest BCUT2D eigenvalue weighted by molar-refractivity contribution is 0.0572. The van der Waals surface area contributed by atoms with Gasteiger partial charge in [0.1, 0.15) is 11.5 Å². The van der Waals surface area contributed by atoms with Crippen LogP contribution < -0.4 is 0 Å². The first kappa shape index (κ1) is 9.71. The van der Waals surface area contributed by atoms with Gasteiger partial charge in [-0.3, -0.25) is 4.90 Å². The summed E-state index contributed by atoms with van der Waals surface area (Å²) >= 11 is 0. The molecule has 0 amide bonds. The lowest BCUT2D eigenvalue weighted by atomic mass is 10.3. The van der Waals surface area contributed by atoms with Gasteiger partial charge in [-0.25, -0.2) is 0 Å². The van der Waals surface area contributed by atoms with E-state index in [2.05, 4.69) is 0 Å². The number of furan rings is 1. The van der Waals surface area contributed by atoms with Gasteiger partial charge in [-0.15, -0.1) is 0 Å². The quantitative estimate of drug-likeness (QED) is 0.707. The van der Waals surface area contributed by atoms with Crippen LogP contribution in [0.4, 0.5) is 0 Å². The summed E-state index contributed by atoms with van der Waals surface area (Å²) in [6, 6.07) is 3.84. The summed E-state index contributed by atoms with van der Waals surface area (Å²) in [6.07, 6.45) is -1.24. The van der Waals surface area contributed by atoms with Crippen molar-refractivity contribution in [3.05, 3.63) is 23.7 Å². The fourth-order valence-electron chi connectivity index (χ4n) is 1.77. The Kier molecular flexibility index (Phi) is 2.58. The van der Waals surface area contributed by atoms with Gasteiger partial charge in [0.2, 0.25) is 0 Å². The molecule has 0 aromatic carbocycles. The van der Waals surface area contributed by atoms with Crippen LogP contribution in [0.1, 0.15) is 11.5 Å². The maximum Gasteiger partial charge on any atom is 0.118 e. The molecule has 0 unspecified atom stereocenters. The summed E-state index contributed by atoms with van der Waals surface area (Å²) < 4.78 is 5.41. The Morgan fingerprint density at radius 3 is 2.50 bits per heavy atom. The zero-order chi connectivity index (χ0) is 10.1. The van der Waals surface area contributed by atoms with E-state index >= 15 is 0 Å². The van der Waals surface area contributed by atoms with Gasteiger partial charge in [-0.1, -0.05) is 0 Å². The molecule has 1 aromatic heterocycles. The molecule has 1 aromatic rings. The molecule has 0 radical (unpaired) electrons. The summed E-state index contributed by atoms with van der Waals surface area (Å²) in [4.78, 5) is 1.98. The molecule has 2 atom stereocenters. The molecule has 1 aliphatic rings. The van der Waals surface area contributed by atoms with Crippen molar-refractivity contribution in [2.24, 2.45) is 0 Å². The number of rotatable bonds is 2. The highest BCUT2D eigenvalue weighted by molar-refractivity contribution is 5.05. The average Bonchev–Trinajstić information content (AvgIpc) is 2.62. The number of aliphatic hydroxyl groups is 2. The molecule has 14 heavy (non-hydrogen) atoms. The van der Waals surface area contributed by atoms with E-state index in [4.69, 9.17) is 4.42 Å². The van der Waals surface area contributed by atoms with Gasteiger partial charge in [-0.2, -0.15) is 0 Å². The molecule has 1 saturated heterocycles. The third-order valence-electron chi connectivity index (χ3n) is 2.51. The lowest BCUT2D eigenvalue weighted by Gasteiger charge is -2.11. The molecular formula is C10H15NO3. The van der Waals surface area contributed by atoms with Crippen LogP contribution in [0, 0.1) is 6.92 Å². The van der Waals surface area contributed by atoms with Gasteiger partial charge in [0, 0.05) is 13.1 Å². The van der Waals surface area contributed by atoms with Gasteiger partial charge in [0.05, 0.1) is 18.8 Å². The first-order valence-corrected chi connectivity index (χ1v) is 4.79. The minimum absolute atomic E-state index is 0.515. The van der Waals surface area contributed by atoms with Gasteiger partial charge >= 0.3 is 0 Å². The number of nitrogens with zero attached hydrogens (tertiary/aromatic N) is 1. The van der Waals surface area contributed by atoms with Crippen molar-refractivity contribution in [1.82, 2.24) is 4.90 Å². The minimum atomic E-state index is -0.619. The van der Waals surface area contributed by atoms with Gasteiger partial charge in [-0.05, 0) is 19.1 Å². The van der Waals surface area contributed by atoms with E-state index in [1.54, 1.807) is 0 Å². The summed E-state index contributed by atoms with van der Waals surface area (Å²) in [5, 5.41) is 18.7. The predicted octanol–water partition coefficient (Wildman–Crippen LogP) is 0.125. The van der Waals surface area contributed by atoms with E-state index in [9.17, 15) is 10.2 Å². The number of aliphatic hydroxyl groups excluding tert-OH is 2. The Balaban J connectivity index is 1.93.